The van der Waals surface area contributed by atoms with Crippen LogP contribution in [0, 0.1) is 12.3 Å². The second-order valence-corrected chi connectivity index (χ2v) is 2.87. The molecule has 9 heavy (non-hydrogen) atoms. The molecule has 1 rings (SSSR count). The van der Waals surface area contributed by atoms with Crippen LogP contribution in [0.25, 0.3) is 0 Å². The van der Waals surface area contributed by atoms with Gasteiger partial charge in [-0.15, -0.1) is 6.42 Å². The van der Waals surface area contributed by atoms with Crippen molar-refractivity contribution in [3.63, 3.8) is 0 Å². The SMILES string of the molecule is C#CC1C=COP(C)O1. The van der Waals surface area contributed by atoms with Crippen molar-refractivity contribution in [2.45, 2.75) is 6.10 Å². The molecule has 3 heteroatoms. The van der Waals surface area contributed by atoms with Crippen molar-refractivity contribution in [2.75, 3.05) is 6.66 Å². The maximum absolute atomic E-state index is 5.16. The first-order valence-corrected chi connectivity index (χ1v) is 4.15. The molecule has 1 heterocycles. The summed E-state index contributed by atoms with van der Waals surface area (Å²) in [6.07, 6.45) is 8.22. The van der Waals surface area contributed by atoms with E-state index in [1.54, 1.807) is 12.3 Å². The van der Waals surface area contributed by atoms with Gasteiger partial charge in [-0.05, 0) is 6.08 Å². The zero-order valence-corrected chi connectivity index (χ0v) is 5.97. The lowest BCUT2D eigenvalue weighted by Gasteiger charge is -2.17. The standard InChI is InChI=1S/C6H7O2P/c1-3-6-4-5-7-9(2)8-6/h1,4-6H,2H3. The molecule has 2 nitrogen and oxygen atoms in total. The minimum Gasteiger partial charge on any atom is -0.455 e. The van der Waals surface area contributed by atoms with Gasteiger partial charge in [0.1, 0.15) is 6.10 Å². The molecule has 1 aliphatic heterocycles. The summed E-state index contributed by atoms with van der Waals surface area (Å²) < 4.78 is 10.1. The largest absolute Gasteiger partial charge is 0.455 e. The lowest BCUT2D eigenvalue weighted by atomic mass is 10.4. The van der Waals surface area contributed by atoms with E-state index in [1.165, 1.54) is 0 Å². The number of hydrogen-bond acceptors (Lipinski definition) is 2. The Balaban J connectivity index is 2.52. The fourth-order valence-corrected chi connectivity index (χ4v) is 1.24. The third-order valence-electron chi connectivity index (χ3n) is 0.889. The zero-order valence-electron chi connectivity index (χ0n) is 5.07. The van der Waals surface area contributed by atoms with E-state index >= 15 is 0 Å². The van der Waals surface area contributed by atoms with Gasteiger partial charge >= 0.3 is 0 Å². The Bertz CT molecular complexity index is 159. The molecule has 0 aromatic carbocycles. The topological polar surface area (TPSA) is 18.5 Å². The lowest BCUT2D eigenvalue weighted by Crippen LogP contribution is -2.06. The average molecular weight is 142 g/mol. The van der Waals surface area contributed by atoms with Crippen molar-refractivity contribution in [3.8, 4) is 12.3 Å². The van der Waals surface area contributed by atoms with E-state index in [1.807, 2.05) is 6.66 Å². The molecular weight excluding hydrogens is 135 g/mol. The van der Waals surface area contributed by atoms with Crippen LogP contribution in [0.3, 0.4) is 0 Å². The van der Waals surface area contributed by atoms with Crippen LogP contribution >= 0.6 is 8.38 Å². The van der Waals surface area contributed by atoms with E-state index in [4.69, 9.17) is 15.5 Å². The molecule has 48 valence electrons. The molecule has 2 atom stereocenters. The molecule has 0 spiro atoms. The molecule has 2 unspecified atom stereocenters. The Labute approximate surface area is 55.8 Å². The van der Waals surface area contributed by atoms with Crippen LogP contribution in [0.5, 0.6) is 0 Å². The maximum Gasteiger partial charge on any atom is 0.227 e. The van der Waals surface area contributed by atoms with Crippen molar-refractivity contribution in [1.29, 1.82) is 0 Å². The van der Waals surface area contributed by atoms with Crippen LogP contribution in [0.4, 0.5) is 0 Å². The van der Waals surface area contributed by atoms with E-state index < -0.39 is 8.38 Å². The Hall–Kier alpha value is -0.510. The van der Waals surface area contributed by atoms with Gasteiger partial charge in [0.05, 0.1) is 6.26 Å². The van der Waals surface area contributed by atoms with Gasteiger partial charge in [0.25, 0.3) is 0 Å². The maximum atomic E-state index is 5.16. The van der Waals surface area contributed by atoms with Crippen LogP contribution in [-0.2, 0) is 9.05 Å². The average Bonchev–Trinajstić information content (AvgIpc) is 1.88. The van der Waals surface area contributed by atoms with Gasteiger partial charge in [-0.3, -0.25) is 0 Å². The van der Waals surface area contributed by atoms with Crippen molar-refractivity contribution >= 4 is 8.38 Å². The van der Waals surface area contributed by atoms with Crippen molar-refractivity contribution in [1.82, 2.24) is 0 Å². The molecule has 0 saturated heterocycles. The molecule has 0 aliphatic carbocycles. The van der Waals surface area contributed by atoms with E-state index in [9.17, 15) is 0 Å². The molecule has 0 saturated carbocycles. The second kappa shape index (κ2) is 2.87. The van der Waals surface area contributed by atoms with Crippen molar-refractivity contribution < 1.29 is 9.05 Å². The Morgan fingerprint density at radius 2 is 2.56 bits per heavy atom. The number of terminal acetylenes is 1. The molecule has 1 aliphatic rings. The highest BCUT2D eigenvalue weighted by molar-refractivity contribution is 7.46. The van der Waals surface area contributed by atoms with Gasteiger partial charge in [-0.2, -0.15) is 0 Å². The number of rotatable bonds is 0. The van der Waals surface area contributed by atoms with Gasteiger partial charge in [0.15, 0.2) is 0 Å². The van der Waals surface area contributed by atoms with E-state index in [0.717, 1.165) is 0 Å². The fraction of sp³-hybridized carbons (Fsp3) is 0.333. The normalized spacial score (nSPS) is 32.9. The summed E-state index contributed by atoms with van der Waals surface area (Å²) in [5.41, 5.74) is 0. The van der Waals surface area contributed by atoms with Gasteiger partial charge in [0.2, 0.25) is 8.38 Å². The molecule has 0 fully saturated rings. The third-order valence-corrected chi connectivity index (χ3v) is 1.83. The molecule has 0 amide bonds. The van der Waals surface area contributed by atoms with E-state index in [-0.39, 0.29) is 6.10 Å². The second-order valence-electron chi connectivity index (χ2n) is 1.57. The van der Waals surface area contributed by atoms with Crippen molar-refractivity contribution in [2.24, 2.45) is 0 Å². The van der Waals surface area contributed by atoms with E-state index in [2.05, 4.69) is 5.92 Å². The molecular formula is C6H7O2P. The summed E-state index contributed by atoms with van der Waals surface area (Å²) in [5, 5.41) is 0. The Morgan fingerprint density at radius 3 is 3.00 bits per heavy atom. The molecule has 0 radical (unpaired) electrons. The van der Waals surface area contributed by atoms with Gasteiger partial charge in [0, 0.05) is 6.66 Å². The zero-order chi connectivity index (χ0) is 6.69. The quantitative estimate of drug-likeness (QED) is 0.377. The molecule has 0 aromatic heterocycles. The fourth-order valence-electron chi connectivity index (χ4n) is 0.498. The Kier molecular flexibility index (Phi) is 2.10. The predicted molar refractivity (Wildman–Crippen MR) is 36.8 cm³/mol. The highest BCUT2D eigenvalue weighted by Gasteiger charge is 2.12. The summed E-state index contributed by atoms with van der Waals surface area (Å²) >= 11 is 0. The summed E-state index contributed by atoms with van der Waals surface area (Å²) in [5.74, 6) is 2.46. The summed E-state index contributed by atoms with van der Waals surface area (Å²) in [4.78, 5) is 0. The van der Waals surface area contributed by atoms with Gasteiger partial charge < -0.3 is 9.05 Å². The lowest BCUT2D eigenvalue weighted by molar-refractivity contribution is 0.269. The molecule has 0 aromatic rings. The van der Waals surface area contributed by atoms with Crippen molar-refractivity contribution in [3.05, 3.63) is 12.3 Å². The first-order chi connectivity index (χ1) is 4.33. The van der Waals surface area contributed by atoms with Crippen LogP contribution in [0.2, 0.25) is 0 Å². The monoisotopic (exact) mass is 142 g/mol. The Morgan fingerprint density at radius 1 is 1.78 bits per heavy atom. The summed E-state index contributed by atoms with van der Waals surface area (Å²) in [7, 11) is -0.766. The van der Waals surface area contributed by atoms with Gasteiger partial charge in [-0.25, -0.2) is 0 Å². The van der Waals surface area contributed by atoms with E-state index in [0.29, 0.717) is 0 Å². The minimum atomic E-state index is -0.766. The highest BCUT2D eigenvalue weighted by atomic mass is 31.2. The minimum absolute atomic E-state index is 0.185. The summed E-state index contributed by atoms with van der Waals surface area (Å²) in [6.45, 7) is 1.86. The van der Waals surface area contributed by atoms with Crippen LogP contribution in [0.1, 0.15) is 0 Å². The first-order valence-electron chi connectivity index (χ1n) is 2.53. The number of hydrogen-bond donors (Lipinski definition) is 0. The predicted octanol–water partition coefficient (Wildman–Crippen LogP) is 1.49. The summed E-state index contributed by atoms with van der Waals surface area (Å²) in [6, 6.07) is 0. The third kappa shape index (κ3) is 1.71. The first kappa shape index (κ1) is 6.61. The molecule has 0 N–H and O–H groups in total. The molecule has 0 bridgehead atoms. The van der Waals surface area contributed by atoms with Gasteiger partial charge in [-0.1, -0.05) is 5.92 Å². The van der Waals surface area contributed by atoms with Crippen LogP contribution in [-0.4, -0.2) is 12.8 Å². The highest BCUT2D eigenvalue weighted by Crippen LogP contribution is 2.38. The smallest absolute Gasteiger partial charge is 0.227 e. The van der Waals surface area contributed by atoms with Crippen LogP contribution < -0.4 is 0 Å². The van der Waals surface area contributed by atoms with Crippen LogP contribution in [0.15, 0.2) is 12.3 Å².